The summed E-state index contributed by atoms with van der Waals surface area (Å²) in [4.78, 5) is 9.10. The van der Waals surface area contributed by atoms with Gasteiger partial charge in [0.15, 0.2) is 0 Å². The fraction of sp³-hybridized carbons (Fsp3) is 0.625. The Morgan fingerprint density at radius 2 is 2.00 bits per heavy atom. The van der Waals surface area contributed by atoms with Gasteiger partial charge in [-0.15, -0.1) is 0 Å². The van der Waals surface area contributed by atoms with Gasteiger partial charge in [0.05, 0.1) is 25.3 Å². The van der Waals surface area contributed by atoms with Crippen molar-refractivity contribution < 1.29 is 14.9 Å². The van der Waals surface area contributed by atoms with Crippen molar-refractivity contribution in [2.24, 2.45) is 0 Å². The van der Waals surface area contributed by atoms with Crippen molar-refractivity contribution in [3.05, 3.63) is 36.0 Å². The first-order chi connectivity index (χ1) is 14.7. The molecule has 0 radical (unpaired) electrons. The number of hydrogen-bond acceptors (Lipinski definition) is 6. The summed E-state index contributed by atoms with van der Waals surface area (Å²) in [5.74, 6) is 0.761. The summed E-state index contributed by atoms with van der Waals surface area (Å²) < 4.78 is 5.35. The number of hydrogen-bond donors (Lipinski definition) is 2. The lowest BCUT2D eigenvalue weighted by Crippen LogP contribution is -2.55. The maximum Gasteiger partial charge on any atom is 0.119 e. The van der Waals surface area contributed by atoms with Gasteiger partial charge in [-0.2, -0.15) is 0 Å². The van der Waals surface area contributed by atoms with Crippen molar-refractivity contribution in [1.29, 1.82) is 0 Å². The second-order valence-electron chi connectivity index (χ2n) is 8.35. The first kappa shape index (κ1) is 22.9. The van der Waals surface area contributed by atoms with Gasteiger partial charge in [0.25, 0.3) is 0 Å². The number of aliphatic hydroxyl groups excluding tert-OH is 2. The molecular formula is C24H37N3O3. The average Bonchev–Trinajstić information content (AvgIpc) is 2.78. The molecule has 2 aromatic rings. The Labute approximate surface area is 180 Å². The number of aromatic nitrogens is 1. The maximum absolute atomic E-state index is 11.0. The molecule has 6 heteroatoms. The molecule has 3 rings (SSSR count). The van der Waals surface area contributed by atoms with Crippen LogP contribution in [0.2, 0.25) is 0 Å². The van der Waals surface area contributed by atoms with E-state index in [0.29, 0.717) is 6.54 Å². The summed E-state index contributed by atoms with van der Waals surface area (Å²) in [6.07, 6.45) is 7.48. The van der Waals surface area contributed by atoms with E-state index >= 15 is 0 Å². The molecule has 0 amide bonds. The van der Waals surface area contributed by atoms with Gasteiger partial charge in [-0.25, -0.2) is 0 Å². The second-order valence-corrected chi connectivity index (χ2v) is 8.35. The van der Waals surface area contributed by atoms with Gasteiger partial charge in [0.1, 0.15) is 5.75 Å². The smallest absolute Gasteiger partial charge is 0.119 e. The fourth-order valence-corrected chi connectivity index (χ4v) is 4.42. The van der Waals surface area contributed by atoms with E-state index in [4.69, 9.17) is 4.74 Å². The summed E-state index contributed by atoms with van der Waals surface area (Å²) in [5.41, 5.74) is 1.73. The summed E-state index contributed by atoms with van der Waals surface area (Å²) in [6, 6.07) is 7.78. The van der Waals surface area contributed by atoms with Crippen LogP contribution in [0.1, 0.15) is 50.7 Å². The minimum absolute atomic E-state index is 0.145. The Kier molecular flexibility index (Phi) is 8.88. The van der Waals surface area contributed by atoms with Crippen molar-refractivity contribution in [3.8, 4) is 5.75 Å². The standard InChI is InChI=1S/C24H37N3O3/c1-3-4-5-6-7-12-27-14-13-26(16-19(27)18-28)17-24(29)21-10-11-25-23-9-8-20(30-2)15-22(21)23/h8-11,15,19,24,28-29H,3-7,12-14,16-18H2,1-2H3/t19-,24?/m0/s1. The number of pyridine rings is 1. The Morgan fingerprint density at radius 3 is 2.77 bits per heavy atom. The molecule has 0 bridgehead atoms. The van der Waals surface area contributed by atoms with Crippen molar-refractivity contribution >= 4 is 10.9 Å². The largest absolute Gasteiger partial charge is 0.497 e. The van der Waals surface area contributed by atoms with Crippen molar-refractivity contribution in [2.45, 2.75) is 51.2 Å². The van der Waals surface area contributed by atoms with E-state index in [2.05, 4.69) is 21.7 Å². The van der Waals surface area contributed by atoms with Gasteiger partial charge in [0, 0.05) is 43.8 Å². The van der Waals surface area contributed by atoms with Gasteiger partial charge < -0.3 is 14.9 Å². The number of aliphatic hydroxyl groups is 2. The molecule has 1 saturated heterocycles. The summed E-state index contributed by atoms with van der Waals surface area (Å²) >= 11 is 0. The minimum Gasteiger partial charge on any atom is -0.497 e. The zero-order valence-corrected chi connectivity index (χ0v) is 18.5. The van der Waals surface area contributed by atoms with Crippen LogP contribution in [-0.2, 0) is 0 Å². The van der Waals surface area contributed by atoms with Crippen molar-refractivity contribution in [3.63, 3.8) is 0 Å². The number of piperazine rings is 1. The van der Waals surface area contributed by atoms with Gasteiger partial charge in [-0.05, 0) is 42.8 Å². The van der Waals surface area contributed by atoms with Crippen LogP contribution >= 0.6 is 0 Å². The molecular weight excluding hydrogens is 378 g/mol. The van der Waals surface area contributed by atoms with Crippen LogP contribution < -0.4 is 4.74 Å². The monoisotopic (exact) mass is 415 g/mol. The number of methoxy groups -OCH3 is 1. The van der Waals surface area contributed by atoms with Crippen LogP contribution in [0.25, 0.3) is 10.9 Å². The number of fused-ring (bicyclic) bond motifs is 1. The highest BCUT2D eigenvalue weighted by Crippen LogP contribution is 2.27. The molecule has 0 saturated carbocycles. The third-order valence-electron chi connectivity index (χ3n) is 6.22. The van der Waals surface area contributed by atoms with E-state index in [-0.39, 0.29) is 12.6 Å². The molecule has 0 spiro atoms. The van der Waals surface area contributed by atoms with Gasteiger partial charge >= 0.3 is 0 Å². The number of unbranched alkanes of at least 4 members (excludes halogenated alkanes) is 4. The lowest BCUT2D eigenvalue weighted by Gasteiger charge is -2.41. The molecule has 2 N–H and O–H groups in total. The molecule has 2 heterocycles. The Morgan fingerprint density at radius 1 is 1.17 bits per heavy atom. The third-order valence-corrected chi connectivity index (χ3v) is 6.22. The number of rotatable bonds is 11. The highest BCUT2D eigenvalue weighted by atomic mass is 16.5. The van der Waals surface area contributed by atoms with Crippen LogP contribution in [0.4, 0.5) is 0 Å². The zero-order valence-electron chi connectivity index (χ0n) is 18.5. The van der Waals surface area contributed by atoms with Crippen LogP contribution in [-0.4, -0.2) is 77.5 Å². The molecule has 0 aliphatic carbocycles. The van der Waals surface area contributed by atoms with E-state index in [0.717, 1.165) is 48.4 Å². The number of ether oxygens (including phenoxy) is 1. The van der Waals surface area contributed by atoms with Gasteiger partial charge in [-0.3, -0.25) is 14.8 Å². The predicted octanol–water partition coefficient (Wildman–Crippen LogP) is 3.23. The number of benzene rings is 1. The average molecular weight is 416 g/mol. The Balaban J connectivity index is 1.59. The van der Waals surface area contributed by atoms with Gasteiger partial charge in [-0.1, -0.05) is 32.6 Å². The third kappa shape index (κ3) is 5.91. The first-order valence-corrected chi connectivity index (χ1v) is 11.3. The highest BCUT2D eigenvalue weighted by Gasteiger charge is 2.27. The lowest BCUT2D eigenvalue weighted by molar-refractivity contribution is 0.0170. The van der Waals surface area contributed by atoms with E-state index in [9.17, 15) is 10.2 Å². The molecule has 166 valence electrons. The van der Waals surface area contributed by atoms with E-state index in [1.807, 2.05) is 24.3 Å². The molecule has 1 fully saturated rings. The first-order valence-electron chi connectivity index (χ1n) is 11.3. The Bertz CT molecular complexity index is 785. The van der Waals surface area contributed by atoms with E-state index in [1.165, 1.54) is 32.1 Å². The SMILES string of the molecule is CCCCCCCN1CCN(CC(O)c2ccnc3ccc(OC)cc23)C[C@H]1CO. The molecule has 1 aliphatic rings. The van der Waals surface area contributed by atoms with E-state index in [1.54, 1.807) is 13.3 Å². The van der Waals surface area contributed by atoms with E-state index < -0.39 is 6.10 Å². The number of nitrogens with zero attached hydrogens (tertiary/aromatic N) is 3. The molecule has 1 unspecified atom stereocenters. The topological polar surface area (TPSA) is 69.1 Å². The molecule has 30 heavy (non-hydrogen) atoms. The van der Waals surface area contributed by atoms with Gasteiger partial charge in [0.2, 0.25) is 0 Å². The van der Waals surface area contributed by atoms with Crippen LogP contribution in [0.15, 0.2) is 30.5 Å². The Hall–Kier alpha value is -1.73. The van der Waals surface area contributed by atoms with Crippen LogP contribution in [0.3, 0.4) is 0 Å². The molecule has 1 aromatic heterocycles. The molecule has 1 aromatic carbocycles. The maximum atomic E-state index is 11.0. The summed E-state index contributed by atoms with van der Waals surface area (Å²) in [5, 5.41) is 21.8. The van der Waals surface area contributed by atoms with Crippen molar-refractivity contribution in [1.82, 2.24) is 14.8 Å². The molecule has 2 atom stereocenters. The normalized spacial score (nSPS) is 19.3. The quantitative estimate of drug-likeness (QED) is 0.549. The summed E-state index contributed by atoms with van der Waals surface area (Å²) in [6.45, 7) is 6.65. The van der Waals surface area contributed by atoms with Crippen molar-refractivity contribution in [2.75, 3.05) is 46.4 Å². The zero-order chi connectivity index (χ0) is 21.3. The minimum atomic E-state index is -0.609. The number of β-amino-alcohol motifs (C(OH)–C–C–N with tert-alkyl or cyclic N) is 1. The lowest BCUT2D eigenvalue weighted by atomic mass is 10.0. The van der Waals surface area contributed by atoms with Crippen LogP contribution in [0, 0.1) is 0 Å². The van der Waals surface area contributed by atoms with Crippen LogP contribution in [0.5, 0.6) is 5.75 Å². The molecule has 1 aliphatic heterocycles. The second kappa shape index (κ2) is 11.6. The summed E-state index contributed by atoms with van der Waals surface area (Å²) in [7, 11) is 1.64. The highest BCUT2D eigenvalue weighted by molar-refractivity contribution is 5.83. The molecule has 6 nitrogen and oxygen atoms in total. The predicted molar refractivity (Wildman–Crippen MR) is 121 cm³/mol. The fourth-order valence-electron chi connectivity index (χ4n) is 4.42.